The van der Waals surface area contributed by atoms with Crippen LogP contribution < -0.4 is 15.3 Å². The van der Waals surface area contributed by atoms with E-state index >= 15 is 0 Å². The summed E-state index contributed by atoms with van der Waals surface area (Å²) >= 11 is 6.04. The number of rotatable bonds is 1. The van der Waals surface area contributed by atoms with Gasteiger partial charge in [-0.15, -0.1) is 0 Å². The van der Waals surface area contributed by atoms with Gasteiger partial charge in [-0.2, -0.15) is 0 Å². The van der Waals surface area contributed by atoms with Crippen molar-refractivity contribution >= 4 is 28.3 Å². The van der Waals surface area contributed by atoms with Gasteiger partial charge in [-0.1, -0.05) is 29.3 Å². The number of benzene rings is 2. The molecule has 1 aromatic heterocycles. The Morgan fingerprint density at radius 3 is 2.87 bits per heavy atom. The molecule has 0 bridgehead atoms. The maximum atomic E-state index is 12.3. The summed E-state index contributed by atoms with van der Waals surface area (Å²) in [4.78, 5) is 14.3. The van der Waals surface area contributed by atoms with E-state index in [1.807, 2.05) is 48.2 Å². The van der Waals surface area contributed by atoms with Gasteiger partial charge in [0.1, 0.15) is 11.3 Å². The predicted molar refractivity (Wildman–Crippen MR) is 90.4 cm³/mol. The average Bonchev–Trinajstić information content (AvgIpc) is 2.55. The third-order valence-electron chi connectivity index (χ3n) is 3.99. The first kappa shape index (κ1) is 14.2. The zero-order valence-corrected chi connectivity index (χ0v) is 13.3. The second-order valence-corrected chi connectivity index (χ2v) is 6.08. The first-order chi connectivity index (χ1) is 11.1. The van der Waals surface area contributed by atoms with E-state index in [0.29, 0.717) is 35.2 Å². The Morgan fingerprint density at radius 1 is 1.17 bits per heavy atom. The summed E-state index contributed by atoms with van der Waals surface area (Å²) in [5.74, 6) is 0.623. The summed E-state index contributed by atoms with van der Waals surface area (Å²) in [7, 11) is 0. The summed E-state index contributed by atoms with van der Waals surface area (Å²) in [6.07, 6.45) is 0. The summed E-state index contributed by atoms with van der Waals surface area (Å²) in [6.45, 7) is 2.79. The van der Waals surface area contributed by atoms with Crippen LogP contribution in [0.15, 0.2) is 51.7 Å². The van der Waals surface area contributed by atoms with E-state index in [-0.39, 0.29) is 5.63 Å². The first-order valence-corrected chi connectivity index (χ1v) is 7.69. The summed E-state index contributed by atoms with van der Waals surface area (Å²) in [6, 6.07) is 13.2. The minimum atomic E-state index is -0.358. The highest BCUT2D eigenvalue weighted by Gasteiger charge is 2.24. The summed E-state index contributed by atoms with van der Waals surface area (Å²) < 4.78 is 11.3. The van der Waals surface area contributed by atoms with Crippen LogP contribution in [0.2, 0.25) is 5.02 Å². The Balaban J connectivity index is 1.82. The number of aryl methyl sites for hydroxylation is 1. The lowest BCUT2D eigenvalue weighted by Gasteiger charge is -2.30. The van der Waals surface area contributed by atoms with E-state index in [4.69, 9.17) is 20.8 Å². The van der Waals surface area contributed by atoms with Gasteiger partial charge >= 0.3 is 5.63 Å². The van der Waals surface area contributed by atoms with Crippen molar-refractivity contribution in [1.82, 2.24) is 0 Å². The molecule has 3 aromatic rings. The largest absolute Gasteiger partial charge is 0.472 e. The Labute approximate surface area is 137 Å². The van der Waals surface area contributed by atoms with Crippen LogP contribution in [0.5, 0.6) is 5.75 Å². The topological polar surface area (TPSA) is 42.7 Å². The molecule has 0 atom stereocenters. The number of fused-ring (bicyclic) bond motifs is 3. The first-order valence-electron chi connectivity index (χ1n) is 7.31. The molecular weight excluding hydrogens is 314 g/mol. The highest BCUT2D eigenvalue weighted by atomic mass is 35.5. The quantitative estimate of drug-likeness (QED) is 0.631. The number of hydrogen-bond donors (Lipinski definition) is 0. The molecule has 0 radical (unpaired) electrons. The van der Waals surface area contributed by atoms with E-state index in [9.17, 15) is 4.79 Å². The second kappa shape index (κ2) is 5.32. The smallest absolute Gasteiger partial charge is 0.345 e. The molecule has 116 valence electrons. The van der Waals surface area contributed by atoms with Gasteiger partial charge in [0.15, 0.2) is 6.73 Å². The molecule has 4 nitrogen and oxygen atoms in total. The number of hydrogen-bond acceptors (Lipinski definition) is 4. The maximum absolute atomic E-state index is 12.3. The monoisotopic (exact) mass is 327 g/mol. The Morgan fingerprint density at radius 2 is 2.04 bits per heavy atom. The van der Waals surface area contributed by atoms with Crippen molar-refractivity contribution in [2.45, 2.75) is 13.5 Å². The summed E-state index contributed by atoms with van der Waals surface area (Å²) in [5, 5.41) is 1.49. The van der Waals surface area contributed by atoms with Crippen molar-refractivity contribution < 1.29 is 9.15 Å². The van der Waals surface area contributed by atoms with Crippen molar-refractivity contribution in [2.75, 3.05) is 11.6 Å². The van der Waals surface area contributed by atoms with Gasteiger partial charge in [-0.05, 0) is 37.3 Å². The molecule has 2 heterocycles. The van der Waals surface area contributed by atoms with Crippen LogP contribution in [0, 0.1) is 6.92 Å². The van der Waals surface area contributed by atoms with Crippen molar-refractivity contribution in [3.05, 3.63) is 69.0 Å². The molecule has 5 heteroatoms. The molecular formula is C18H14ClNO3. The second-order valence-electron chi connectivity index (χ2n) is 5.65. The van der Waals surface area contributed by atoms with Crippen molar-refractivity contribution in [1.29, 1.82) is 0 Å². The van der Waals surface area contributed by atoms with Crippen molar-refractivity contribution in [2.24, 2.45) is 0 Å². The number of ether oxygens (including phenoxy) is 1. The lowest BCUT2D eigenvalue weighted by atomic mass is 10.1. The molecule has 0 spiro atoms. The normalized spacial score (nSPS) is 13.7. The fourth-order valence-electron chi connectivity index (χ4n) is 2.85. The SMILES string of the molecule is Cc1ccc2oc(=O)c3c(c2c1)OCN(c1cccc(Cl)c1)C3. The van der Waals surface area contributed by atoms with Gasteiger partial charge in [-0.3, -0.25) is 0 Å². The van der Waals surface area contributed by atoms with Crippen LogP contribution in [0.1, 0.15) is 11.1 Å². The molecule has 0 saturated carbocycles. The average molecular weight is 328 g/mol. The zero-order valence-electron chi connectivity index (χ0n) is 12.5. The molecule has 0 fully saturated rings. The van der Waals surface area contributed by atoms with Crippen LogP contribution in [-0.2, 0) is 6.54 Å². The highest BCUT2D eigenvalue weighted by Crippen LogP contribution is 2.33. The Hall–Kier alpha value is -2.46. The van der Waals surface area contributed by atoms with Crippen LogP contribution in [0.4, 0.5) is 5.69 Å². The molecule has 0 amide bonds. The maximum Gasteiger partial charge on any atom is 0.345 e. The number of halogens is 1. The minimum Gasteiger partial charge on any atom is -0.472 e. The molecule has 0 aliphatic carbocycles. The van der Waals surface area contributed by atoms with E-state index < -0.39 is 0 Å². The van der Waals surface area contributed by atoms with Gasteiger partial charge in [0.25, 0.3) is 0 Å². The number of nitrogens with zero attached hydrogens (tertiary/aromatic N) is 1. The Kier molecular flexibility index (Phi) is 3.27. The van der Waals surface area contributed by atoms with E-state index in [0.717, 1.165) is 16.6 Å². The van der Waals surface area contributed by atoms with Crippen molar-refractivity contribution in [3.8, 4) is 5.75 Å². The molecule has 4 rings (SSSR count). The van der Waals surface area contributed by atoms with Crippen molar-refractivity contribution in [3.63, 3.8) is 0 Å². The van der Waals surface area contributed by atoms with Crippen LogP contribution in [0.3, 0.4) is 0 Å². The molecule has 1 aliphatic rings. The predicted octanol–water partition coefficient (Wildman–Crippen LogP) is 4.11. The van der Waals surface area contributed by atoms with Gasteiger partial charge in [0.05, 0.1) is 17.5 Å². The lowest BCUT2D eigenvalue weighted by molar-refractivity contribution is 0.287. The molecule has 2 aromatic carbocycles. The molecule has 0 unspecified atom stereocenters. The Bertz CT molecular complexity index is 964. The van der Waals surface area contributed by atoms with Crippen LogP contribution >= 0.6 is 11.6 Å². The lowest BCUT2D eigenvalue weighted by Crippen LogP contribution is -2.34. The molecule has 0 N–H and O–H groups in total. The fourth-order valence-corrected chi connectivity index (χ4v) is 3.03. The molecule has 0 saturated heterocycles. The van der Waals surface area contributed by atoms with E-state index in [2.05, 4.69) is 0 Å². The standard InChI is InChI=1S/C18H14ClNO3/c1-11-5-6-16-14(7-11)17-15(18(21)23-16)9-20(10-22-17)13-4-2-3-12(19)8-13/h2-8H,9-10H2,1H3. The summed E-state index contributed by atoms with van der Waals surface area (Å²) in [5.41, 5.74) is 2.73. The molecule has 1 aliphatic heterocycles. The minimum absolute atomic E-state index is 0.358. The van der Waals surface area contributed by atoms with Gasteiger partial charge in [-0.25, -0.2) is 4.79 Å². The highest BCUT2D eigenvalue weighted by molar-refractivity contribution is 6.30. The third kappa shape index (κ3) is 2.45. The van der Waals surface area contributed by atoms with Gasteiger partial charge in [0, 0.05) is 10.7 Å². The van der Waals surface area contributed by atoms with E-state index in [1.54, 1.807) is 6.07 Å². The van der Waals surface area contributed by atoms with Crippen LogP contribution in [-0.4, -0.2) is 6.73 Å². The fraction of sp³-hybridized carbons (Fsp3) is 0.167. The zero-order chi connectivity index (χ0) is 16.0. The van der Waals surface area contributed by atoms with Gasteiger partial charge < -0.3 is 14.1 Å². The molecule has 23 heavy (non-hydrogen) atoms. The van der Waals surface area contributed by atoms with Crippen LogP contribution in [0.25, 0.3) is 11.0 Å². The van der Waals surface area contributed by atoms with Gasteiger partial charge in [0.2, 0.25) is 0 Å². The van der Waals surface area contributed by atoms with E-state index in [1.165, 1.54) is 0 Å². The third-order valence-corrected chi connectivity index (χ3v) is 4.22. The number of anilines is 1.